The zero-order valence-electron chi connectivity index (χ0n) is 10.5. The number of nitrogens with one attached hydrogen (secondary N) is 1. The van der Waals surface area contributed by atoms with Crippen LogP contribution in [0.1, 0.15) is 19.3 Å². The van der Waals surface area contributed by atoms with Gasteiger partial charge in [0.2, 0.25) is 5.91 Å². The highest BCUT2D eigenvalue weighted by Gasteiger charge is 2.27. The van der Waals surface area contributed by atoms with Crippen LogP contribution in [0.15, 0.2) is 30.6 Å². The molecule has 2 aromatic rings. The molecule has 1 fully saturated rings. The minimum absolute atomic E-state index is 0.0348. The molecule has 1 aromatic heterocycles. The Morgan fingerprint density at radius 2 is 2.00 bits per heavy atom. The summed E-state index contributed by atoms with van der Waals surface area (Å²) in [6.07, 6.45) is 5.88. The standard InChI is InChI=1S/C14H16N4O/c15-10-2-1-9(7-10)14(19)18-11-3-4-12-13(8-11)17-6-5-16-12/h3-6,8-10H,1-2,7,15H2,(H,18,19). The van der Waals surface area contributed by atoms with E-state index in [0.29, 0.717) is 0 Å². The van der Waals surface area contributed by atoms with Crippen molar-refractivity contribution >= 4 is 22.6 Å². The van der Waals surface area contributed by atoms with Crippen LogP contribution in [0.4, 0.5) is 5.69 Å². The maximum absolute atomic E-state index is 12.1. The Morgan fingerprint density at radius 3 is 2.74 bits per heavy atom. The van der Waals surface area contributed by atoms with Crippen LogP contribution in [0, 0.1) is 5.92 Å². The SMILES string of the molecule is NC1CCC(C(=O)Nc2ccc3nccnc3c2)C1. The van der Waals surface area contributed by atoms with Crippen molar-refractivity contribution in [2.75, 3.05) is 5.32 Å². The van der Waals surface area contributed by atoms with Gasteiger partial charge in [-0.1, -0.05) is 0 Å². The lowest BCUT2D eigenvalue weighted by Gasteiger charge is -2.11. The molecule has 5 nitrogen and oxygen atoms in total. The molecule has 19 heavy (non-hydrogen) atoms. The summed E-state index contributed by atoms with van der Waals surface area (Å²) in [7, 11) is 0. The summed E-state index contributed by atoms with van der Waals surface area (Å²) in [5.74, 6) is 0.0868. The molecule has 1 aliphatic carbocycles. The number of benzene rings is 1. The van der Waals surface area contributed by atoms with Gasteiger partial charge < -0.3 is 11.1 Å². The molecule has 0 bridgehead atoms. The summed E-state index contributed by atoms with van der Waals surface area (Å²) >= 11 is 0. The predicted molar refractivity (Wildman–Crippen MR) is 73.5 cm³/mol. The molecule has 0 radical (unpaired) electrons. The van der Waals surface area contributed by atoms with Gasteiger partial charge in [-0.2, -0.15) is 0 Å². The highest BCUT2D eigenvalue weighted by Crippen LogP contribution is 2.25. The summed E-state index contributed by atoms with van der Waals surface area (Å²) in [4.78, 5) is 20.5. The monoisotopic (exact) mass is 256 g/mol. The van der Waals surface area contributed by atoms with Crippen molar-refractivity contribution in [2.45, 2.75) is 25.3 Å². The first-order chi connectivity index (χ1) is 9.22. The highest BCUT2D eigenvalue weighted by atomic mass is 16.1. The van der Waals surface area contributed by atoms with Crippen LogP contribution in [-0.2, 0) is 4.79 Å². The molecular formula is C14H16N4O. The lowest BCUT2D eigenvalue weighted by atomic mass is 10.1. The summed E-state index contributed by atoms with van der Waals surface area (Å²) in [6.45, 7) is 0. The molecular weight excluding hydrogens is 240 g/mol. The van der Waals surface area contributed by atoms with Crippen LogP contribution in [0.5, 0.6) is 0 Å². The summed E-state index contributed by atoms with van der Waals surface area (Å²) in [5, 5.41) is 2.93. The van der Waals surface area contributed by atoms with Crippen molar-refractivity contribution in [3.8, 4) is 0 Å². The molecule has 98 valence electrons. The molecule has 2 unspecified atom stereocenters. The van der Waals surface area contributed by atoms with E-state index < -0.39 is 0 Å². The van der Waals surface area contributed by atoms with Crippen molar-refractivity contribution in [2.24, 2.45) is 11.7 Å². The molecule has 3 rings (SSSR count). The zero-order chi connectivity index (χ0) is 13.2. The van der Waals surface area contributed by atoms with Gasteiger partial charge in [-0.3, -0.25) is 14.8 Å². The molecule has 0 aliphatic heterocycles. The Morgan fingerprint density at radius 1 is 1.21 bits per heavy atom. The molecule has 1 aromatic carbocycles. The van der Waals surface area contributed by atoms with E-state index in [4.69, 9.17) is 5.73 Å². The molecule has 1 saturated carbocycles. The van der Waals surface area contributed by atoms with Gasteiger partial charge in [0, 0.05) is 30.0 Å². The lowest BCUT2D eigenvalue weighted by molar-refractivity contribution is -0.119. The first-order valence-corrected chi connectivity index (χ1v) is 6.49. The van der Waals surface area contributed by atoms with Gasteiger partial charge in [0.15, 0.2) is 0 Å². The fourth-order valence-electron chi connectivity index (χ4n) is 2.54. The van der Waals surface area contributed by atoms with E-state index in [1.165, 1.54) is 0 Å². The summed E-state index contributed by atoms with van der Waals surface area (Å²) in [6, 6.07) is 5.72. The van der Waals surface area contributed by atoms with Crippen LogP contribution in [0.3, 0.4) is 0 Å². The second-order valence-corrected chi connectivity index (χ2v) is 5.02. The molecule has 1 aliphatic rings. The van der Waals surface area contributed by atoms with Gasteiger partial charge in [-0.15, -0.1) is 0 Å². The molecule has 5 heteroatoms. The topological polar surface area (TPSA) is 80.9 Å². The Hall–Kier alpha value is -2.01. The van der Waals surface area contributed by atoms with E-state index in [9.17, 15) is 4.79 Å². The number of carbonyl (C=O) groups is 1. The second-order valence-electron chi connectivity index (χ2n) is 5.02. The van der Waals surface area contributed by atoms with Crippen molar-refractivity contribution in [1.29, 1.82) is 0 Å². The van der Waals surface area contributed by atoms with E-state index in [1.54, 1.807) is 12.4 Å². The van der Waals surface area contributed by atoms with Gasteiger partial charge in [-0.25, -0.2) is 0 Å². The van der Waals surface area contributed by atoms with Crippen LogP contribution in [-0.4, -0.2) is 21.9 Å². The normalized spacial score (nSPS) is 22.6. The number of nitrogens with zero attached hydrogens (tertiary/aromatic N) is 2. The van der Waals surface area contributed by atoms with Crippen LogP contribution in [0.2, 0.25) is 0 Å². The van der Waals surface area contributed by atoms with E-state index in [0.717, 1.165) is 36.0 Å². The third-order valence-electron chi connectivity index (χ3n) is 3.58. The second kappa shape index (κ2) is 4.93. The van der Waals surface area contributed by atoms with Gasteiger partial charge in [0.05, 0.1) is 11.0 Å². The molecule has 2 atom stereocenters. The molecule has 1 amide bonds. The number of fused-ring (bicyclic) bond motifs is 1. The average molecular weight is 256 g/mol. The van der Waals surface area contributed by atoms with Crippen molar-refractivity contribution < 1.29 is 4.79 Å². The van der Waals surface area contributed by atoms with Gasteiger partial charge >= 0.3 is 0 Å². The number of hydrogen-bond acceptors (Lipinski definition) is 4. The number of anilines is 1. The maximum atomic E-state index is 12.1. The molecule has 0 spiro atoms. The lowest BCUT2D eigenvalue weighted by Crippen LogP contribution is -2.23. The van der Waals surface area contributed by atoms with Crippen molar-refractivity contribution in [3.63, 3.8) is 0 Å². The number of amides is 1. The quantitative estimate of drug-likeness (QED) is 0.856. The molecule has 0 saturated heterocycles. The maximum Gasteiger partial charge on any atom is 0.227 e. The van der Waals surface area contributed by atoms with E-state index in [2.05, 4.69) is 15.3 Å². The third kappa shape index (κ3) is 2.56. The number of nitrogens with two attached hydrogens (primary N) is 1. The molecule has 3 N–H and O–H groups in total. The number of hydrogen-bond donors (Lipinski definition) is 2. The fraction of sp³-hybridized carbons (Fsp3) is 0.357. The van der Waals surface area contributed by atoms with Crippen molar-refractivity contribution in [3.05, 3.63) is 30.6 Å². The summed E-state index contributed by atoms with van der Waals surface area (Å²) in [5.41, 5.74) is 8.20. The largest absolute Gasteiger partial charge is 0.328 e. The van der Waals surface area contributed by atoms with E-state index >= 15 is 0 Å². The Bertz CT molecular complexity index is 613. The highest BCUT2D eigenvalue weighted by molar-refractivity contribution is 5.94. The minimum Gasteiger partial charge on any atom is -0.328 e. The first-order valence-electron chi connectivity index (χ1n) is 6.49. The van der Waals surface area contributed by atoms with E-state index in [1.807, 2.05) is 18.2 Å². The average Bonchev–Trinajstić information content (AvgIpc) is 2.85. The van der Waals surface area contributed by atoms with Gasteiger partial charge in [0.1, 0.15) is 0 Å². The minimum atomic E-state index is 0.0348. The third-order valence-corrected chi connectivity index (χ3v) is 3.58. The zero-order valence-corrected chi connectivity index (χ0v) is 10.5. The number of aromatic nitrogens is 2. The fourth-order valence-corrected chi connectivity index (χ4v) is 2.54. The predicted octanol–water partition coefficient (Wildman–Crippen LogP) is 1.70. The first kappa shape index (κ1) is 12.0. The van der Waals surface area contributed by atoms with Crippen molar-refractivity contribution in [1.82, 2.24) is 9.97 Å². The van der Waals surface area contributed by atoms with Crippen LogP contribution >= 0.6 is 0 Å². The number of rotatable bonds is 2. The van der Waals surface area contributed by atoms with Crippen LogP contribution < -0.4 is 11.1 Å². The Kier molecular flexibility index (Phi) is 3.13. The van der Waals surface area contributed by atoms with E-state index in [-0.39, 0.29) is 17.9 Å². The summed E-state index contributed by atoms with van der Waals surface area (Å²) < 4.78 is 0. The van der Waals surface area contributed by atoms with Gasteiger partial charge in [0.25, 0.3) is 0 Å². The number of carbonyl (C=O) groups excluding carboxylic acids is 1. The van der Waals surface area contributed by atoms with Crippen LogP contribution in [0.25, 0.3) is 11.0 Å². The Labute approximate surface area is 111 Å². The molecule has 1 heterocycles. The van der Waals surface area contributed by atoms with Gasteiger partial charge in [-0.05, 0) is 37.5 Å². The Balaban J connectivity index is 1.76. The smallest absolute Gasteiger partial charge is 0.227 e.